The first-order valence-electron chi connectivity index (χ1n) is 11.7. The zero-order valence-electron chi connectivity index (χ0n) is 19.9. The predicted octanol–water partition coefficient (Wildman–Crippen LogP) is 3.46. The molecule has 9 heteroatoms. The summed E-state index contributed by atoms with van der Waals surface area (Å²) in [6.07, 6.45) is 3.37. The average molecular weight is 462 g/mol. The maximum Gasteiger partial charge on any atom is 0.346 e. The number of hydrogen-bond donors (Lipinski definition) is 2. The van der Waals surface area contributed by atoms with Crippen LogP contribution in [0.3, 0.4) is 0 Å². The number of nitro groups is 1. The van der Waals surface area contributed by atoms with E-state index in [4.69, 9.17) is 9.47 Å². The molecule has 1 aromatic rings. The van der Waals surface area contributed by atoms with E-state index in [9.17, 15) is 19.7 Å². The van der Waals surface area contributed by atoms with Gasteiger partial charge in [0, 0.05) is 17.9 Å². The second kappa shape index (κ2) is 10.2. The Hall–Kier alpha value is -2.52. The van der Waals surface area contributed by atoms with Crippen LogP contribution in [0.4, 0.5) is 5.69 Å². The summed E-state index contributed by atoms with van der Waals surface area (Å²) in [7, 11) is 0. The van der Waals surface area contributed by atoms with Crippen LogP contribution in [0.1, 0.15) is 74.1 Å². The molecule has 2 fully saturated rings. The molecule has 9 nitrogen and oxygen atoms in total. The van der Waals surface area contributed by atoms with E-state index in [1.54, 1.807) is 0 Å². The SMILES string of the molecule is CC(C)(OC(=O)c1cccc([N+](=O)[O-])c1C(=O)OC(C)(C)C1CCNCC1)C1CCNCC1. The Labute approximate surface area is 194 Å². The van der Waals surface area contributed by atoms with Crippen LogP contribution in [0.5, 0.6) is 0 Å². The van der Waals surface area contributed by atoms with Crippen molar-refractivity contribution in [1.82, 2.24) is 10.6 Å². The van der Waals surface area contributed by atoms with Crippen LogP contribution in [0, 0.1) is 22.0 Å². The largest absolute Gasteiger partial charge is 0.456 e. The lowest BCUT2D eigenvalue weighted by atomic mass is 9.83. The van der Waals surface area contributed by atoms with Gasteiger partial charge in [0.25, 0.3) is 5.69 Å². The van der Waals surface area contributed by atoms with Gasteiger partial charge in [-0.05, 0) is 85.6 Å². The van der Waals surface area contributed by atoms with Crippen molar-refractivity contribution in [3.05, 3.63) is 39.4 Å². The van der Waals surface area contributed by atoms with Crippen LogP contribution in [-0.2, 0) is 9.47 Å². The first kappa shape index (κ1) is 25.1. The van der Waals surface area contributed by atoms with E-state index in [2.05, 4.69) is 10.6 Å². The molecule has 0 bridgehead atoms. The van der Waals surface area contributed by atoms with E-state index < -0.39 is 33.8 Å². The smallest absolute Gasteiger partial charge is 0.346 e. The highest BCUT2D eigenvalue weighted by molar-refractivity contribution is 6.06. The first-order valence-corrected chi connectivity index (χ1v) is 11.7. The van der Waals surface area contributed by atoms with Crippen molar-refractivity contribution in [3.63, 3.8) is 0 Å². The van der Waals surface area contributed by atoms with Crippen molar-refractivity contribution in [2.45, 2.75) is 64.6 Å². The molecule has 2 N–H and O–H groups in total. The molecule has 2 heterocycles. The molecule has 0 unspecified atom stereocenters. The maximum atomic E-state index is 13.3. The van der Waals surface area contributed by atoms with Gasteiger partial charge in [0.05, 0.1) is 10.5 Å². The fourth-order valence-electron chi connectivity index (χ4n) is 4.86. The van der Waals surface area contributed by atoms with Gasteiger partial charge in [0.15, 0.2) is 5.56 Å². The number of hydrogen-bond acceptors (Lipinski definition) is 8. The Bertz CT molecular complexity index is 886. The summed E-state index contributed by atoms with van der Waals surface area (Å²) in [6.45, 7) is 10.6. The van der Waals surface area contributed by atoms with Gasteiger partial charge in [0.2, 0.25) is 0 Å². The van der Waals surface area contributed by atoms with E-state index in [0.717, 1.165) is 51.9 Å². The number of nitro benzene ring substituents is 1. The van der Waals surface area contributed by atoms with E-state index >= 15 is 0 Å². The van der Waals surface area contributed by atoms with Crippen LogP contribution >= 0.6 is 0 Å². The lowest BCUT2D eigenvalue weighted by Crippen LogP contribution is -2.43. The molecule has 3 rings (SSSR count). The number of esters is 2. The number of ether oxygens (including phenoxy) is 2. The fourth-order valence-corrected chi connectivity index (χ4v) is 4.86. The molecule has 182 valence electrons. The van der Waals surface area contributed by atoms with E-state index in [0.29, 0.717) is 0 Å². The summed E-state index contributed by atoms with van der Waals surface area (Å²) < 4.78 is 11.6. The molecule has 2 aliphatic rings. The third-order valence-electron chi connectivity index (χ3n) is 7.02. The van der Waals surface area contributed by atoms with Crippen LogP contribution < -0.4 is 10.6 Å². The molecule has 2 saturated heterocycles. The summed E-state index contributed by atoms with van der Waals surface area (Å²) in [5, 5.41) is 18.3. The second-order valence-corrected chi connectivity index (χ2v) is 9.99. The maximum absolute atomic E-state index is 13.3. The van der Waals surface area contributed by atoms with Gasteiger partial charge >= 0.3 is 11.9 Å². The zero-order valence-corrected chi connectivity index (χ0v) is 19.9. The van der Waals surface area contributed by atoms with Crippen LogP contribution in [-0.4, -0.2) is 54.2 Å². The summed E-state index contributed by atoms with van der Waals surface area (Å²) in [6, 6.07) is 3.99. The quantitative estimate of drug-likeness (QED) is 0.360. The van der Waals surface area contributed by atoms with E-state index in [1.807, 2.05) is 27.7 Å². The van der Waals surface area contributed by atoms with Gasteiger partial charge in [-0.3, -0.25) is 10.1 Å². The third kappa shape index (κ3) is 5.89. The number of carbonyl (C=O) groups is 2. The predicted molar refractivity (Wildman–Crippen MR) is 123 cm³/mol. The van der Waals surface area contributed by atoms with Crippen molar-refractivity contribution < 1.29 is 24.0 Å². The highest BCUT2D eigenvalue weighted by atomic mass is 16.6. The Morgan fingerprint density at radius 3 is 1.79 bits per heavy atom. The van der Waals surface area contributed by atoms with Gasteiger partial charge in [-0.2, -0.15) is 0 Å². The number of nitrogens with zero attached hydrogens (tertiary/aromatic N) is 1. The highest BCUT2D eigenvalue weighted by Gasteiger charge is 2.40. The minimum atomic E-state index is -0.877. The number of nitrogens with one attached hydrogen (secondary N) is 2. The van der Waals surface area contributed by atoms with Gasteiger partial charge in [-0.25, -0.2) is 9.59 Å². The minimum Gasteiger partial charge on any atom is -0.456 e. The van der Waals surface area contributed by atoms with Gasteiger partial charge < -0.3 is 20.1 Å². The van der Waals surface area contributed by atoms with Crippen molar-refractivity contribution in [1.29, 1.82) is 0 Å². The van der Waals surface area contributed by atoms with E-state index in [1.165, 1.54) is 18.2 Å². The molecule has 0 atom stereocenters. The van der Waals surface area contributed by atoms with Crippen molar-refractivity contribution in [3.8, 4) is 0 Å². The lowest BCUT2D eigenvalue weighted by molar-refractivity contribution is -0.385. The van der Waals surface area contributed by atoms with Crippen LogP contribution in [0.25, 0.3) is 0 Å². The molecular formula is C24H35N3O6. The number of piperidine rings is 2. The third-order valence-corrected chi connectivity index (χ3v) is 7.02. The zero-order chi connectivity index (χ0) is 24.2. The molecule has 0 aliphatic carbocycles. The Balaban J connectivity index is 1.88. The molecule has 0 radical (unpaired) electrons. The summed E-state index contributed by atoms with van der Waals surface area (Å²) in [5.41, 5.74) is -2.57. The fraction of sp³-hybridized carbons (Fsp3) is 0.667. The summed E-state index contributed by atoms with van der Waals surface area (Å²) in [5.74, 6) is -1.37. The van der Waals surface area contributed by atoms with Crippen LogP contribution in [0.2, 0.25) is 0 Å². The monoisotopic (exact) mass is 461 g/mol. The normalized spacial score (nSPS) is 18.5. The Morgan fingerprint density at radius 2 is 1.33 bits per heavy atom. The molecular weight excluding hydrogens is 426 g/mol. The molecule has 0 spiro atoms. The molecule has 0 aromatic heterocycles. The standard InChI is InChI=1S/C24H35N3O6/c1-23(2,16-8-12-25-13-9-16)32-21(28)18-6-5-7-19(27(30)31)20(18)22(29)33-24(3,4)17-10-14-26-15-11-17/h5-7,16-17,25-26H,8-15H2,1-4H3. The highest BCUT2D eigenvalue weighted by Crippen LogP contribution is 2.34. The number of carbonyl (C=O) groups excluding carboxylic acids is 2. The minimum absolute atomic E-state index is 0.111. The molecule has 1 aromatic carbocycles. The van der Waals surface area contributed by atoms with Gasteiger partial charge in [-0.15, -0.1) is 0 Å². The molecule has 0 saturated carbocycles. The van der Waals surface area contributed by atoms with E-state index in [-0.39, 0.29) is 23.0 Å². The summed E-state index contributed by atoms with van der Waals surface area (Å²) >= 11 is 0. The molecule has 0 amide bonds. The second-order valence-electron chi connectivity index (χ2n) is 9.99. The Morgan fingerprint density at radius 1 is 0.879 bits per heavy atom. The van der Waals surface area contributed by atoms with Gasteiger partial charge in [-0.1, -0.05) is 6.07 Å². The number of rotatable bonds is 7. The molecule has 2 aliphatic heterocycles. The first-order chi connectivity index (χ1) is 15.5. The average Bonchev–Trinajstić information content (AvgIpc) is 2.79. The summed E-state index contributed by atoms with van der Waals surface area (Å²) in [4.78, 5) is 37.5. The van der Waals surface area contributed by atoms with Crippen molar-refractivity contribution in [2.75, 3.05) is 26.2 Å². The topological polar surface area (TPSA) is 120 Å². The van der Waals surface area contributed by atoms with Crippen LogP contribution in [0.15, 0.2) is 18.2 Å². The lowest BCUT2D eigenvalue weighted by Gasteiger charge is -2.37. The number of benzene rings is 1. The molecule has 33 heavy (non-hydrogen) atoms. The van der Waals surface area contributed by atoms with Crippen molar-refractivity contribution in [2.24, 2.45) is 11.8 Å². The van der Waals surface area contributed by atoms with Crippen molar-refractivity contribution >= 4 is 17.6 Å². The van der Waals surface area contributed by atoms with Gasteiger partial charge in [0.1, 0.15) is 11.2 Å². The Kier molecular flexibility index (Phi) is 7.74.